The number of nitrogens with one attached hydrogen (secondary N) is 1. The van der Waals surface area contributed by atoms with Crippen LogP contribution in [0, 0.1) is 13.8 Å². The van der Waals surface area contributed by atoms with Crippen LogP contribution in [0.5, 0.6) is 0 Å². The maximum Gasteiger partial charge on any atom is 0.182 e. The Bertz CT molecular complexity index is 488. The van der Waals surface area contributed by atoms with Crippen molar-refractivity contribution >= 4 is 9.84 Å². The van der Waals surface area contributed by atoms with Gasteiger partial charge in [-0.2, -0.15) is 0 Å². The zero-order valence-electron chi connectivity index (χ0n) is 9.66. The molecule has 3 nitrogen and oxygen atoms in total. The molecule has 1 unspecified atom stereocenters. The molecule has 88 valence electrons. The van der Waals surface area contributed by atoms with Crippen LogP contribution >= 0.6 is 0 Å². The predicted octanol–water partition coefficient (Wildman–Crippen LogP) is 1.44. The molecule has 1 saturated heterocycles. The molecule has 0 radical (unpaired) electrons. The first-order chi connectivity index (χ1) is 7.51. The van der Waals surface area contributed by atoms with Gasteiger partial charge in [0.1, 0.15) is 0 Å². The van der Waals surface area contributed by atoms with Crippen LogP contribution in [0.15, 0.2) is 23.1 Å². The summed E-state index contributed by atoms with van der Waals surface area (Å²) in [5.74, 6) is 0. The van der Waals surface area contributed by atoms with Gasteiger partial charge in [0.25, 0.3) is 0 Å². The summed E-state index contributed by atoms with van der Waals surface area (Å²) in [5.41, 5.74) is 2.16. The zero-order chi connectivity index (χ0) is 11.8. The lowest BCUT2D eigenvalue weighted by atomic mass is 10.1. The van der Waals surface area contributed by atoms with Crippen molar-refractivity contribution < 1.29 is 8.42 Å². The van der Waals surface area contributed by atoms with Gasteiger partial charge in [-0.15, -0.1) is 0 Å². The highest BCUT2D eigenvalue weighted by atomic mass is 32.2. The van der Waals surface area contributed by atoms with Gasteiger partial charge in [-0.25, -0.2) is 8.42 Å². The molecule has 4 heteroatoms. The largest absolute Gasteiger partial charge is 0.315 e. The van der Waals surface area contributed by atoms with Crippen LogP contribution in [0.4, 0.5) is 0 Å². The van der Waals surface area contributed by atoms with Crippen LogP contribution in [0.25, 0.3) is 0 Å². The smallest absolute Gasteiger partial charge is 0.182 e. The summed E-state index contributed by atoms with van der Waals surface area (Å²) < 4.78 is 24.5. The molecule has 2 rings (SSSR count). The summed E-state index contributed by atoms with van der Waals surface area (Å²) in [6.45, 7) is 5.31. The highest BCUT2D eigenvalue weighted by Gasteiger charge is 2.30. The SMILES string of the molecule is Cc1ccc(S(=O)(=O)C2CCNC2)cc1C. The number of sulfone groups is 1. The number of aryl methyl sites for hydroxylation is 2. The first-order valence-electron chi connectivity index (χ1n) is 5.53. The quantitative estimate of drug-likeness (QED) is 0.849. The number of benzene rings is 1. The molecule has 1 aliphatic rings. The van der Waals surface area contributed by atoms with Crippen molar-refractivity contribution in [1.82, 2.24) is 5.32 Å². The summed E-state index contributed by atoms with van der Waals surface area (Å²) in [6.07, 6.45) is 0.718. The second-order valence-electron chi connectivity index (χ2n) is 4.41. The minimum Gasteiger partial charge on any atom is -0.315 e. The molecule has 0 amide bonds. The van der Waals surface area contributed by atoms with Gasteiger partial charge in [0.2, 0.25) is 0 Å². The molecule has 0 aromatic heterocycles. The van der Waals surface area contributed by atoms with Crippen LogP contribution in [0.2, 0.25) is 0 Å². The molecule has 0 aliphatic carbocycles. The van der Waals surface area contributed by atoms with Gasteiger partial charge in [0, 0.05) is 6.54 Å². The molecule has 0 saturated carbocycles. The predicted molar refractivity (Wildman–Crippen MR) is 64.4 cm³/mol. The summed E-state index contributed by atoms with van der Waals surface area (Å²) >= 11 is 0. The normalized spacial score (nSPS) is 21.2. The first kappa shape index (κ1) is 11.6. The fraction of sp³-hybridized carbons (Fsp3) is 0.500. The van der Waals surface area contributed by atoms with Crippen molar-refractivity contribution in [2.24, 2.45) is 0 Å². The Hall–Kier alpha value is -0.870. The Balaban J connectivity index is 2.39. The van der Waals surface area contributed by atoms with Crippen LogP contribution in [-0.2, 0) is 9.84 Å². The van der Waals surface area contributed by atoms with E-state index >= 15 is 0 Å². The lowest BCUT2D eigenvalue weighted by Crippen LogP contribution is -2.24. The van der Waals surface area contributed by atoms with Crippen LogP contribution in [0.3, 0.4) is 0 Å². The standard InChI is InChI=1S/C12H17NO2S/c1-9-3-4-11(7-10(9)2)16(14,15)12-5-6-13-8-12/h3-4,7,12-13H,5-6,8H2,1-2H3. The fourth-order valence-electron chi connectivity index (χ4n) is 1.98. The van der Waals surface area contributed by atoms with Crippen molar-refractivity contribution in [1.29, 1.82) is 0 Å². The van der Waals surface area contributed by atoms with E-state index in [-0.39, 0.29) is 5.25 Å². The molecule has 1 heterocycles. The Labute approximate surface area is 96.8 Å². The fourth-order valence-corrected chi connectivity index (χ4v) is 3.73. The number of rotatable bonds is 2. The molecule has 1 fully saturated rings. The summed E-state index contributed by atoms with van der Waals surface area (Å²) in [4.78, 5) is 0.462. The van der Waals surface area contributed by atoms with E-state index in [2.05, 4.69) is 5.32 Å². The van der Waals surface area contributed by atoms with E-state index in [0.29, 0.717) is 11.4 Å². The van der Waals surface area contributed by atoms with Crippen molar-refractivity contribution in [3.63, 3.8) is 0 Å². The van der Waals surface area contributed by atoms with Gasteiger partial charge in [-0.3, -0.25) is 0 Å². The van der Waals surface area contributed by atoms with Crippen LogP contribution in [0.1, 0.15) is 17.5 Å². The van der Waals surface area contributed by atoms with Crippen molar-refractivity contribution in [3.05, 3.63) is 29.3 Å². The van der Waals surface area contributed by atoms with Crippen molar-refractivity contribution in [2.45, 2.75) is 30.4 Å². The summed E-state index contributed by atoms with van der Waals surface area (Å²) in [6, 6.07) is 5.38. The van der Waals surface area contributed by atoms with Gasteiger partial charge in [-0.05, 0) is 50.1 Å². The van der Waals surface area contributed by atoms with E-state index in [4.69, 9.17) is 0 Å². The van der Waals surface area contributed by atoms with Gasteiger partial charge >= 0.3 is 0 Å². The molecule has 0 spiro atoms. The summed E-state index contributed by atoms with van der Waals surface area (Å²) in [7, 11) is -3.14. The van der Waals surface area contributed by atoms with E-state index in [1.807, 2.05) is 19.9 Å². The van der Waals surface area contributed by atoms with Crippen molar-refractivity contribution in [3.8, 4) is 0 Å². The van der Waals surface area contributed by atoms with Crippen molar-refractivity contribution in [2.75, 3.05) is 13.1 Å². The summed E-state index contributed by atoms with van der Waals surface area (Å²) in [5, 5.41) is 2.84. The topological polar surface area (TPSA) is 46.2 Å². The zero-order valence-corrected chi connectivity index (χ0v) is 10.5. The van der Waals surface area contributed by atoms with E-state index in [1.54, 1.807) is 12.1 Å². The molecular formula is C12H17NO2S. The van der Waals surface area contributed by atoms with Crippen LogP contribution in [-0.4, -0.2) is 26.8 Å². The number of hydrogen-bond acceptors (Lipinski definition) is 3. The molecule has 1 N–H and O–H groups in total. The average molecular weight is 239 g/mol. The molecule has 1 aliphatic heterocycles. The average Bonchev–Trinajstić information content (AvgIpc) is 2.75. The highest BCUT2D eigenvalue weighted by molar-refractivity contribution is 7.92. The lowest BCUT2D eigenvalue weighted by Gasteiger charge is -2.11. The Morgan fingerprint density at radius 3 is 2.56 bits per heavy atom. The Morgan fingerprint density at radius 2 is 2.00 bits per heavy atom. The van der Waals surface area contributed by atoms with E-state index in [1.165, 1.54) is 0 Å². The molecule has 16 heavy (non-hydrogen) atoms. The van der Waals surface area contributed by atoms with E-state index < -0.39 is 9.84 Å². The minimum absolute atomic E-state index is 0.255. The van der Waals surface area contributed by atoms with Gasteiger partial charge < -0.3 is 5.32 Å². The molecule has 1 atom stereocenters. The van der Waals surface area contributed by atoms with Gasteiger partial charge in [0.15, 0.2) is 9.84 Å². The third-order valence-electron chi connectivity index (χ3n) is 3.26. The van der Waals surface area contributed by atoms with Gasteiger partial charge in [-0.1, -0.05) is 6.07 Å². The maximum atomic E-state index is 12.3. The second kappa shape index (κ2) is 4.18. The highest BCUT2D eigenvalue weighted by Crippen LogP contribution is 2.22. The molecule has 1 aromatic carbocycles. The lowest BCUT2D eigenvalue weighted by molar-refractivity contribution is 0.583. The third kappa shape index (κ3) is 1.99. The monoisotopic (exact) mass is 239 g/mol. The van der Waals surface area contributed by atoms with Gasteiger partial charge in [0.05, 0.1) is 10.1 Å². The molecular weight excluding hydrogens is 222 g/mol. The molecule has 0 bridgehead atoms. The maximum absolute atomic E-state index is 12.3. The third-order valence-corrected chi connectivity index (χ3v) is 5.45. The Kier molecular flexibility index (Phi) is 3.04. The number of hydrogen-bond donors (Lipinski definition) is 1. The molecule has 1 aromatic rings. The van der Waals surface area contributed by atoms with E-state index in [0.717, 1.165) is 24.1 Å². The second-order valence-corrected chi connectivity index (χ2v) is 6.63. The first-order valence-corrected chi connectivity index (χ1v) is 7.08. The Morgan fingerprint density at radius 1 is 1.25 bits per heavy atom. The van der Waals surface area contributed by atoms with Crippen LogP contribution < -0.4 is 5.32 Å². The van der Waals surface area contributed by atoms with E-state index in [9.17, 15) is 8.42 Å². The minimum atomic E-state index is -3.14.